The number of rotatable bonds is 1. The quantitative estimate of drug-likeness (QED) is 0.571. The van der Waals surface area contributed by atoms with E-state index < -0.39 is 0 Å². The molecule has 1 aliphatic rings. The highest BCUT2D eigenvalue weighted by Gasteiger charge is 2.29. The van der Waals surface area contributed by atoms with E-state index in [1.165, 1.54) is 6.42 Å². The number of carbonyl (C=O) groups is 1. The molecule has 116 valence electrons. The maximum Gasteiger partial charge on any atom is 0.254 e. The maximum atomic E-state index is 12.7. The Balaban J connectivity index is 2.12. The number of carbonyl (C=O) groups excluding carboxylic acids is 1. The standard InChI is InChI=1S/C17H23ClINO/c1-17(2,3)12-5-4-9-20(10-8-12)16(21)14-11-13(18)6-7-15(14)19/h6-7,11-12H,4-5,8-10H2,1-3H3. The van der Waals surface area contributed by atoms with Gasteiger partial charge in [-0.15, -0.1) is 0 Å². The van der Waals surface area contributed by atoms with E-state index in [0.717, 1.165) is 35.1 Å². The minimum absolute atomic E-state index is 0.122. The minimum atomic E-state index is 0.122. The molecule has 0 aliphatic carbocycles. The van der Waals surface area contributed by atoms with Crippen molar-refractivity contribution in [1.29, 1.82) is 0 Å². The first-order chi connectivity index (χ1) is 9.79. The van der Waals surface area contributed by atoms with Crippen molar-refractivity contribution in [3.8, 4) is 0 Å². The molecule has 1 saturated heterocycles. The Kier molecular flexibility index (Phi) is 5.58. The highest BCUT2D eigenvalue weighted by atomic mass is 127. The number of likely N-dealkylation sites (tertiary alicyclic amines) is 1. The Morgan fingerprint density at radius 1 is 1.29 bits per heavy atom. The van der Waals surface area contributed by atoms with Crippen LogP contribution in [0.15, 0.2) is 18.2 Å². The first kappa shape index (κ1) is 17.1. The predicted octanol–water partition coefficient (Wildman–Crippen LogP) is 5.23. The first-order valence-electron chi connectivity index (χ1n) is 7.53. The normalized spacial score (nSPS) is 20.2. The van der Waals surface area contributed by atoms with Crippen LogP contribution in [-0.4, -0.2) is 23.9 Å². The van der Waals surface area contributed by atoms with E-state index in [-0.39, 0.29) is 5.91 Å². The summed E-state index contributed by atoms with van der Waals surface area (Å²) < 4.78 is 0.971. The molecule has 1 fully saturated rings. The molecule has 1 aliphatic heterocycles. The van der Waals surface area contributed by atoms with E-state index in [1.807, 2.05) is 17.0 Å². The van der Waals surface area contributed by atoms with Gasteiger partial charge in [-0.05, 0) is 71.4 Å². The second-order valence-corrected chi connectivity index (χ2v) is 8.51. The van der Waals surface area contributed by atoms with Crippen molar-refractivity contribution in [3.63, 3.8) is 0 Å². The second kappa shape index (κ2) is 6.86. The topological polar surface area (TPSA) is 20.3 Å². The van der Waals surface area contributed by atoms with Crippen LogP contribution in [0.1, 0.15) is 50.4 Å². The number of hydrogen-bond acceptors (Lipinski definition) is 1. The van der Waals surface area contributed by atoms with Crippen molar-refractivity contribution in [1.82, 2.24) is 4.90 Å². The van der Waals surface area contributed by atoms with Gasteiger partial charge < -0.3 is 4.90 Å². The van der Waals surface area contributed by atoms with Gasteiger partial charge in [0.05, 0.1) is 5.56 Å². The van der Waals surface area contributed by atoms with Crippen molar-refractivity contribution in [2.24, 2.45) is 11.3 Å². The lowest BCUT2D eigenvalue weighted by molar-refractivity contribution is 0.0754. The van der Waals surface area contributed by atoms with E-state index in [2.05, 4.69) is 43.4 Å². The van der Waals surface area contributed by atoms with Crippen molar-refractivity contribution >= 4 is 40.1 Å². The van der Waals surface area contributed by atoms with Crippen LogP contribution in [0.2, 0.25) is 5.02 Å². The third kappa shape index (κ3) is 4.35. The smallest absolute Gasteiger partial charge is 0.254 e. The van der Waals surface area contributed by atoms with Crippen LogP contribution in [0.3, 0.4) is 0 Å². The van der Waals surface area contributed by atoms with Gasteiger partial charge in [-0.3, -0.25) is 4.79 Å². The molecular weight excluding hydrogens is 397 g/mol. The zero-order valence-electron chi connectivity index (χ0n) is 13.0. The fourth-order valence-electron chi connectivity index (χ4n) is 3.00. The lowest BCUT2D eigenvalue weighted by atomic mass is 9.77. The fourth-order valence-corrected chi connectivity index (χ4v) is 3.74. The fraction of sp³-hybridized carbons (Fsp3) is 0.588. The molecule has 1 atom stereocenters. The van der Waals surface area contributed by atoms with Gasteiger partial charge >= 0.3 is 0 Å². The average Bonchev–Trinajstić information content (AvgIpc) is 2.66. The van der Waals surface area contributed by atoms with Gasteiger partial charge in [0.15, 0.2) is 0 Å². The predicted molar refractivity (Wildman–Crippen MR) is 96.9 cm³/mol. The highest BCUT2D eigenvalue weighted by molar-refractivity contribution is 14.1. The molecule has 2 nitrogen and oxygen atoms in total. The van der Waals surface area contributed by atoms with Crippen LogP contribution in [-0.2, 0) is 0 Å². The molecule has 4 heteroatoms. The number of amides is 1. The molecule has 1 amide bonds. The van der Waals surface area contributed by atoms with E-state index >= 15 is 0 Å². The lowest BCUT2D eigenvalue weighted by Gasteiger charge is -2.29. The van der Waals surface area contributed by atoms with Gasteiger partial charge in [-0.2, -0.15) is 0 Å². The summed E-state index contributed by atoms with van der Waals surface area (Å²) in [5.74, 6) is 0.810. The molecule has 1 heterocycles. The van der Waals surface area contributed by atoms with Crippen LogP contribution in [0.4, 0.5) is 0 Å². The van der Waals surface area contributed by atoms with Crippen molar-refractivity contribution in [2.75, 3.05) is 13.1 Å². The number of hydrogen-bond donors (Lipinski definition) is 0. The molecule has 1 aromatic carbocycles. The van der Waals surface area contributed by atoms with Gasteiger partial charge in [-0.25, -0.2) is 0 Å². The molecule has 0 spiro atoms. The lowest BCUT2D eigenvalue weighted by Crippen LogP contribution is -2.33. The van der Waals surface area contributed by atoms with Crippen LogP contribution in [0.5, 0.6) is 0 Å². The molecule has 0 saturated carbocycles. The summed E-state index contributed by atoms with van der Waals surface area (Å²) in [6, 6.07) is 5.53. The number of nitrogens with zero attached hydrogens (tertiary/aromatic N) is 1. The van der Waals surface area contributed by atoms with E-state index in [9.17, 15) is 4.79 Å². The molecule has 2 rings (SSSR count). The Labute approximate surface area is 146 Å². The van der Waals surface area contributed by atoms with E-state index in [0.29, 0.717) is 16.4 Å². The molecule has 0 N–H and O–H groups in total. The van der Waals surface area contributed by atoms with Crippen molar-refractivity contribution < 1.29 is 4.79 Å². The van der Waals surface area contributed by atoms with Gasteiger partial charge in [0.2, 0.25) is 0 Å². The Morgan fingerprint density at radius 3 is 2.67 bits per heavy atom. The number of halogens is 2. The largest absolute Gasteiger partial charge is 0.339 e. The van der Waals surface area contributed by atoms with E-state index in [1.54, 1.807) is 6.07 Å². The van der Waals surface area contributed by atoms with Gasteiger partial charge in [0.25, 0.3) is 5.91 Å². The first-order valence-corrected chi connectivity index (χ1v) is 8.99. The molecule has 1 aromatic rings. The van der Waals surface area contributed by atoms with Crippen LogP contribution < -0.4 is 0 Å². The highest BCUT2D eigenvalue weighted by Crippen LogP contribution is 2.34. The maximum absolute atomic E-state index is 12.7. The Morgan fingerprint density at radius 2 is 2.00 bits per heavy atom. The van der Waals surface area contributed by atoms with Crippen LogP contribution >= 0.6 is 34.2 Å². The van der Waals surface area contributed by atoms with Crippen LogP contribution in [0, 0.1) is 14.9 Å². The third-order valence-electron chi connectivity index (χ3n) is 4.40. The zero-order valence-corrected chi connectivity index (χ0v) is 15.9. The molecule has 0 bridgehead atoms. The summed E-state index contributed by atoms with van der Waals surface area (Å²) in [6.45, 7) is 8.61. The molecular formula is C17H23ClINO. The summed E-state index contributed by atoms with van der Waals surface area (Å²) in [7, 11) is 0. The Hall–Kier alpha value is -0.290. The summed E-state index contributed by atoms with van der Waals surface area (Å²) in [5, 5.41) is 0.626. The second-order valence-electron chi connectivity index (χ2n) is 6.91. The van der Waals surface area contributed by atoms with Gasteiger partial charge in [0.1, 0.15) is 0 Å². The summed E-state index contributed by atoms with van der Waals surface area (Å²) in [5.41, 5.74) is 1.06. The van der Waals surface area contributed by atoms with Crippen molar-refractivity contribution in [3.05, 3.63) is 32.4 Å². The van der Waals surface area contributed by atoms with Crippen molar-refractivity contribution in [2.45, 2.75) is 40.0 Å². The minimum Gasteiger partial charge on any atom is -0.339 e. The molecule has 21 heavy (non-hydrogen) atoms. The van der Waals surface area contributed by atoms with E-state index in [4.69, 9.17) is 11.6 Å². The Bertz CT molecular complexity index is 524. The molecule has 0 radical (unpaired) electrons. The zero-order chi connectivity index (χ0) is 15.6. The number of benzene rings is 1. The molecule has 0 aromatic heterocycles. The summed E-state index contributed by atoms with van der Waals surface area (Å²) >= 11 is 8.25. The van der Waals surface area contributed by atoms with Gasteiger partial charge in [0, 0.05) is 21.7 Å². The summed E-state index contributed by atoms with van der Waals surface area (Å²) in [6.07, 6.45) is 3.39. The monoisotopic (exact) mass is 419 g/mol. The van der Waals surface area contributed by atoms with Gasteiger partial charge in [-0.1, -0.05) is 32.4 Å². The molecule has 1 unspecified atom stereocenters. The SMILES string of the molecule is CC(C)(C)C1CCCN(C(=O)c2cc(Cl)ccc2I)CC1. The summed E-state index contributed by atoms with van der Waals surface area (Å²) in [4.78, 5) is 14.7. The van der Waals surface area contributed by atoms with Crippen LogP contribution in [0.25, 0.3) is 0 Å². The average molecular weight is 420 g/mol. The third-order valence-corrected chi connectivity index (χ3v) is 5.57.